The standard InChI is InChI=1S/C29H25NO5/c1-17(2)16-30-23-11-7-6-10-19(23)14-22(29(30)34)21-15-25(31)35-24-13-12-20(28(33)26(21)24)27(32)18-8-4-3-5-9-18/h3-14,17,21,33H,15-16H2,1-2H3/t21-/m0/s1. The van der Waals surface area contributed by atoms with E-state index >= 15 is 0 Å². The zero-order valence-electron chi connectivity index (χ0n) is 19.5. The minimum atomic E-state index is -0.745. The summed E-state index contributed by atoms with van der Waals surface area (Å²) < 4.78 is 7.14. The molecule has 1 aliphatic rings. The molecule has 176 valence electrons. The first-order valence-corrected chi connectivity index (χ1v) is 11.6. The van der Waals surface area contributed by atoms with Crippen molar-refractivity contribution in [1.29, 1.82) is 0 Å². The molecule has 1 N–H and O–H groups in total. The van der Waals surface area contributed by atoms with Crippen molar-refractivity contribution in [2.75, 3.05) is 0 Å². The zero-order valence-corrected chi connectivity index (χ0v) is 19.5. The normalized spacial score (nSPS) is 15.2. The van der Waals surface area contributed by atoms with E-state index in [1.54, 1.807) is 41.0 Å². The van der Waals surface area contributed by atoms with Gasteiger partial charge >= 0.3 is 5.97 Å². The van der Waals surface area contributed by atoms with Gasteiger partial charge in [0.1, 0.15) is 11.5 Å². The maximum atomic E-state index is 13.7. The fraction of sp³-hybridized carbons (Fsp3) is 0.207. The number of nitrogens with zero attached hydrogens (tertiary/aromatic N) is 1. The van der Waals surface area contributed by atoms with Crippen LogP contribution in [0.15, 0.2) is 77.6 Å². The number of ketones is 1. The molecule has 0 radical (unpaired) electrons. The molecule has 0 fully saturated rings. The van der Waals surface area contributed by atoms with Gasteiger partial charge in [0.05, 0.1) is 17.5 Å². The summed E-state index contributed by atoms with van der Waals surface area (Å²) >= 11 is 0. The Hall–Kier alpha value is -4.19. The number of rotatable bonds is 5. The van der Waals surface area contributed by atoms with Crippen molar-refractivity contribution in [1.82, 2.24) is 4.57 Å². The van der Waals surface area contributed by atoms with Crippen LogP contribution >= 0.6 is 0 Å². The molecule has 0 unspecified atom stereocenters. The molecule has 3 aromatic carbocycles. The van der Waals surface area contributed by atoms with E-state index in [1.807, 2.05) is 38.1 Å². The highest BCUT2D eigenvalue weighted by Gasteiger charge is 2.35. The lowest BCUT2D eigenvalue weighted by Crippen LogP contribution is -2.31. The van der Waals surface area contributed by atoms with Gasteiger partial charge in [-0.25, -0.2) is 0 Å². The van der Waals surface area contributed by atoms with Crippen molar-refractivity contribution in [2.45, 2.75) is 32.7 Å². The quantitative estimate of drug-likeness (QED) is 0.253. The number of esters is 1. The van der Waals surface area contributed by atoms with Gasteiger partial charge in [-0.05, 0) is 35.6 Å². The van der Waals surface area contributed by atoms with E-state index in [9.17, 15) is 19.5 Å². The van der Waals surface area contributed by atoms with E-state index in [0.717, 1.165) is 10.9 Å². The van der Waals surface area contributed by atoms with Gasteiger partial charge in [0.2, 0.25) is 0 Å². The van der Waals surface area contributed by atoms with E-state index in [0.29, 0.717) is 17.7 Å². The lowest BCUT2D eigenvalue weighted by molar-refractivity contribution is -0.135. The van der Waals surface area contributed by atoms with Crippen molar-refractivity contribution < 1.29 is 19.4 Å². The first kappa shape index (κ1) is 22.6. The Balaban J connectivity index is 1.72. The van der Waals surface area contributed by atoms with Crippen LogP contribution in [-0.2, 0) is 11.3 Å². The molecule has 1 atom stereocenters. The third kappa shape index (κ3) is 4.01. The summed E-state index contributed by atoms with van der Waals surface area (Å²) in [5.41, 5.74) is 1.79. The number of hydrogen-bond donors (Lipinski definition) is 1. The number of ether oxygens (including phenoxy) is 1. The second-order valence-corrected chi connectivity index (χ2v) is 9.27. The van der Waals surface area contributed by atoms with Gasteiger partial charge in [0.25, 0.3) is 5.56 Å². The molecule has 6 nitrogen and oxygen atoms in total. The summed E-state index contributed by atoms with van der Waals surface area (Å²) in [6.07, 6.45) is -0.112. The van der Waals surface area contributed by atoms with E-state index in [4.69, 9.17) is 4.74 Å². The molecule has 6 heteroatoms. The number of hydrogen-bond acceptors (Lipinski definition) is 5. The average Bonchev–Trinajstić information content (AvgIpc) is 2.85. The number of carbonyl (C=O) groups is 2. The molecule has 0 bridgehead atoms. The lowest BCUT2D eigenvalue weighted by atomic mass is 9.84. The van der Waals surface area contributed by atoms with Gasteiger partial charge in [0.15, 0.2) is 5.78 Å². The van der Waals surface area contributed by atoms with E-state index in [-0.39, 0.29) is 46.3 Å². The van der Waals surface area contributed by atoms with Crippen molar-refractivity contribution >= 4 is 22.7 Å². The lowest BCUT2D eigenvalue weighted by Gasteiger charge is -2.27. The third-order valence-corrected chi connectivity index (χ3v) is 6.35. The monoisotopic (exact) mass is 467 g/mol. The van der Waals surface area contributed by atoms with Crippen LogP contribution in [0.4, 0.5) is 0 Å². The average molecular weight is 468 g/mol. The number of benzene rings is 3. The molecule has 1 aromatic heterocycles. The van der Waals surface area contributed by atoms with Crippen molar-refractivity contribution in [2.24, 2.45) is 5.92 Å². The van der Waals surface area contributed by atoms with E-state index in [1.165, 1.54) is 12.1 Å². The van der Waals surface area contributed by atoms with E-state index in [2.05, 4.69) is 0 Å². The molecule has 0 amide bonds. The highest BCUT2D eigenvalue weighted by molar-refractivity contribution is 6.11. The Bertz CT molecular complexity index is 1520. The van der Waals surface area contributed by atoms with Crippen LogP contribution < -0.4 is 10.3 Å². The Labute approximate surface area is 202 Å². The van der Waals surface area contributed by atoms with E-state index < -0.39 is 11.9 Å². The van der Waals surface area contributed by atoms with Gasteiger partial charge in [0, 0.05) is 29.2 Å². The second-order valence-electron chi connectivity index (χ2n) is 9.27. The highest BCUT2D eigenvalue weighted by Crippen LogP contribution is 2.45. The number of carbonyl (C=O) groups excluding carboxylic acids is 2. The van der Waals surface area contributed by atoms with Crippen molar-refractivity contribution in [3.63, 3.8) is 0 Å². The van der Waals surface area contributed by atoms with Crippen LogP contribution in [0.25, 0.3) is 10.9 Å². The number of aromatic hydroxyl groups is 1. The Morgan fingerprint density at radius 2 is 1.74 bits per heavy atom. The molecular formula is C29H25NO5. The Morgan fingerprint density at radius 3 is 2.49 bits per heavy atom. The van der Waals surface area contributed by atoms with Gasteiger partial charge in [-0.2, -0.15) is 0 Å². The fourth-order valence-electron chi connectivity index (χ4n) is 4.79. The molecule has 4 aromatic rings. The minimum absolute atomic E-state index is 0.0983. The SMILES string of the molecule is CC(C)Cn1c(=O)c([C@@H]2CC(=O)Oc3ccc(C(=O)c4ccccc4)c(O)c32)cc2ccccc21. The number of phenolic OH excluding ortho intramolecular Hbond substituents is 1. The highest BCUT2D eigenvalue weighted by atomic mass is 16.5. The van der Waals surface area contributed by atoms with Crippen LogP contribution in [0.3, 0.4) is 0 Å². The molecule has 0 saturated carbocycles. The smallest absolute Gasteiger partial charge is 0.312 e. The maximum absolute atomic E-state index is 13.7. The second kappa shape index (κ2) is 8.87. The van der Waals surface area contributed by atoms with Gasteiger partial charge in [-0.15, -0.1) is 0 Å². The number of phenols is 1. The molecule has 2 heterocycles. The molecule has 35 heavy (non-hydrogen) atoms. The van der Waals surface area contributed by atoms with Gasteiger partial charge in [-0.1, -0.05) is 62.4 Å². The number of para-hydroxylation sites is 1. The Kier molecular flexibility index (Phi) is 5.73. The molecule has 0 aliphatic carbocycles. The molecule has 1 aliphatic heterocycles. The van der Waals surface area contributed by atoms with Crippen LogP contribution in [0.2, 0.25) is 0 Å². The van der Waals surface area contributed by atoms with Crippen LogP contribution in [0.5, 0.6) is 11.5 Å². The molecule has 0 saturated heterocycles. The molecule has 0 spiro atoms. The third-order valence-electron chi connectivity index (χ3n) is 6.35. The Morgan fingerprint density at radius 1 is 1.03 bits per heavy atom. The molecule has 5 rings (SSSR count). The largest absolute Gasteiger partial charge is 0.507 e. The first-order valence-electron chi connectivity index (χ1n) is 11.6. The molecular weight excluding hydrogens is 442 g/mol. The number of aromatic nitrogens is 1. The predicted octanol–water partition coefficient (Wildman–Crippen LogP) is 5.04. The number of pyridine rings is 1. The predicted molar refractivity (Wildman–Crippen MR) is 133 cm³/mol. The fourth-order valence-corrected chi connectivity index (χ4v) is 4.79. The summed E-state index contributed by atoms with van der Waals surface area (Å²) in [6.45, 7) is 4.58. The minimum Gasteiger partial charge on any atom is -0.507 e. The van der Waals surface area contributed by atoms with Crippen LogP contribution in [0, 0.1) is 5.92 Å². The zero-order chi connectivity index (χ0) is 24.7. The van der Waals surface area contributed by atoms with Crippen molar-refractivity contribution in [3.05, 3.63) is 105 Å². The topological polar surface area (TPSA) is 85.6 Å². The summed E-state index contributed by atoms with van der Waals surface area (Å²) in [4.78, 5) is 39.4. The summed E-state index contributed by atoms with van der Waals surface area (Å²) in [5.74, 6) is -1.47. The maximum Gasteiger partial charge on any atom is 0.312 e. The van der Waals surface area contributed by atoms with Crippen LogP contribution in [0.1, 0.15) is 53.2 Å². The van der Waals surface area contributed by atoms with Gasteiger partial charge < -0.3 is 14.4 Å². The summed E-state index contributed by atoms with van der Waals surface area (Å²) in [6, 6.07) is 21.0. The van der Waals surface area contributed by atoms with Crippen molar-refractivity contribution in [3.8, 4) is 11.5 Å². The van der Waals surface area contributed by atoms with Gasteiger partial charge in [-0.3, -0.25) is 14.4 Å². The van der Waals surface area contributed by atoms with Crippen LogP contribution in [-0.4, -0.2) is 21.4 Å². The first-order chi connectivity index (χ1) is 16.8. The number of fused-ring (bicyclic) bond motifs is 2. The summed E-state index contributed by atoms with van der Waals surface area (Å²) in [7, 11) is 0. The summed E-state index contributed by atoms with van der Waals surface area (Å²) in [5, 5.41) is 12.1.